The average molecular weight is 266 g/mol. The number of nitrogens with one attached hydrogen (secondary N) is 1. The second-order valence-electron chi connectivity index (χ2n) is 5.73. The van der Waals surface area contributed by atoms with Gasteiger partial charge in [0.05, 0.1) is 7.11 Å². The van der Waals surface area contributed by atoms with Crippen LogP contribution in [0.2, 0.25) is 0 Å². The first-order valence-electron chi connectivity index (χ1n) is 6.55. The first-order chi connectivity index (χ1) is 8.77. The standard InChI is InChI=1S/C15H26N2O2/c1-11(16-10-15(2,3)17(4)5)13-8-7-12(19-6)9-14(13)18/h7-9,11,16,18H,10H2,1-6H3. The van der Waals surface area contributed by atoms with Gasteiger partial charge >= 0.3 is 0 Å². The zero-order valence-corrected chi connectivity index (χ0v) is 12.8. The van der Waals surface area contributed by atoms with Crippen LogP contribution in [0.25, 0.3) is 0 Å². The maximum Gasteiger partial charge on any atom is 0.124 e. The lowest BCUT2D eigenvalue weighted by Gasteiger charge is -2.34. The smallest absolute Gasteiger partial charge is 0.124 e. The van der Waals surface area contributed by atoms with E-state index in [1.54, 1.807) is 13.2 Å². The summed E-state index contributed by atoms with van der Waals surface area (Å²) in [6.45, 7) is 7.25. The van der Waals surface area contributed by atoms with Crippen LogP contribution in [0, 0.1) is 0 Å². The van der Waals surface area contributed by atoms with Crippen molar-refractivity contribution in [3.05, 3.63) is 23.8 Å². The highest BCUT2D eigenvalue weighted by molar-refractivity contribution is 5.41. The highest BCUT2D eigenvalue weighted by Gasteiger charge is 2.21. The lowest BCUT2D eigenvalue weighted by molar-refractivity contribution is 0.185. The third-order valence-electron chi connectivity index (χ3n) is 3.76. The summed E-state index contributed by atoms with van der Waals surface area (Å²) in [5.74, 6) is 0.934. The van der Waals surface area contributed by atoms with E-state index in [2.05, 4.69) is 38.2 Å². The largest absolute Gasteiger partial charge is 0.507 e. The normalized spacial score (nSPS) is 13.6. The molecule has 0 aromatic heterocycles. The molecular formula is C15H26N2O2. The summed E-state index contributed by atoms with van der Waals surface area (Å²) in [6, 6.07) is 5.49. The molecule has 1 aromatic rings. The van der Waals surface area contributed by atoms with Gasteiger partial charge in [-0.2, -0.15) is 0 Å². The van der Waals surface area contributed by atoms with Gasteiger partial charge in [-0.25, -0.2) is 0 Å². The highest BCUT2D eigenvalue weighted by atomic mass is 16.5. The first kappa shape index (κ1) is 15.8. The van der Waals surface area contributed by atoms with Crippen molar-refractivity contribution in [1.82, 2.24) is 10.2 Å². The van der Waals surface area contributed by atoms with Gasteiger partial charge in [-0.3, -0.25) is 0 Å². The number of hydrogen-bond acceptors (Lipinski definition) is 4. The van der Waals surface area contributed by atoms with Gasteiger partial charge in [0.2, 0.25) is 0 Å². The Morgan fingerprint density at radius 2 is 2.00 bits per heavy atom. The molecule has 4 heteroatoms. The van der Waals surface area contributed by atoms with E-state index in [-0.39, 0.29) is 17.3 Å². The van der Waals surface area contributed by atoms with Gasteiger partial charge in [0, 0.05) is 29.8 Å². The molecule has 1 atom stereocenters. The minimum Gasteiger partial charge on any atom is -0.507 e. The molecular weight excluding hydrogens is 240 g/mol. The number of phenolic OH excluding ortho intramolecular Hbond substituents is 1. The van der Waals surface area contributed by atoms with Gasteiger partial charge in [0.1, 0.15) is 11.5 Å². The van der Waals surface area contributed by atoms with Crippen LogP contribution in [-0.2, 0) is 0 Å². The fourth-order valence-corrected chi connectivity index (χ4v) is 1.69. The van der Waals surface area contributed by atoms with Crippen LogP contribution >= 0.6 is 0 Å². The molecule has 0 aliphatic carbocycles. The maximum atomic E-state index is 10.0. The average Bonchev–Trinajstić information content (AvgIpc) is 2.35. The molecule has 0 spiro atoms. The van der Waals surface area contributed by atoms with Crippen LogP contribution in [0.1, 0.15) is 32.4 Å². The van der Waals surface area contributed by atoms with Crippen molar-refractivity contribution in [3.63, 3.8) is 0 Å². The number of hydrogen-bond donors (Lipinski definition) is 2. The van der Waals surface area contributed by atoms with Gasteiger partial charge in [-0.1, -0.05) is 6.07 Å². The number of benzene rings is 1. The lowest BCUT2D eigenvalue weighted by atomic mass is 10.0. The van der Waals surface area contributed by atoms with Crippen LogP contribution in [0.4, 0.5) is 0 Å². The molecule has 1 unspecified atom stereocenters. The fraction of sp³-hybridized carbons (Fsp3) is 0.600. The lowest BCUT2D eigenvalue weighted by Crippen LogP contribution is -2.47. The van der Waals surface area contributed by atoms with Crippen LogP contribution in [-0.4, -0.2) is 43.3 Å². The van der Waals surface area contributed by atoms with Crippen LogP contribution in [0.15, 0.2) is 18.2 Å². The van der Waals surface area contributed by atoms with Crippen LogP contribution in [0.3, 0.4) is 0 Å². The van der Waals surface area contributed by atoms with E-state index in [9.17, 15) is 5.11 Å². The van der Waals surface area contributed by atoms with Gasteiger partial charge in [-0.15, -0.1) is 0 Å². The summed E-state index contributed by atoms with van der Waals surface area (Å²) in [7, 11) is 5.73. The van der Waals surface area contributed by atoms with Crippen LogP contribution < -0.4 is 10.1 Å². The molecule has 1 rings (SSSR count). The second-order valence-corrected chi connectivity index (χ2v) is 5.73. The van der Waals surface area contributed by atoms with Gasteiger partial charge < -0.3 is 20.1 Å². The molecule has 1 aromatic carbocycles. The van der Waals surface area contributed by atoms with Crippen molar-refractivity contribution in [2.24, 2.45) is 0 Å². The fourth-order valence-electron chi connectivity index (χ4n) is 1.69. The summed E-state index contributed by atoms with van der Waals surface area (Å²) in [6.07, 6.45) is 0. The number of likely N-dealkylation sites (N-methyl/N-ethyl adjacent to an activating group) is 1. The van der Waals surface area contributed by atoms with E-state index in [4.69, 9.17) is 4.74 Å². The second kappa shape index (κ2) is 6.26. The van der Waals surface area contributed by atoms with E-state index in [0.29, 0.717) is 5.75 Å². The molecule has 0 heterocycles. The topological polar surface area (TPSA) is 44.7 Å². The summed E-state index contributed by atoms with van der Waals surface area (Å²) in [5.41, 5.74) is 0.950. The number of rotatable bonds is 6. The Labute approximate surface area is 116 Å². The Bertz CT molecular complexity index is 417. The zero-order chi connectivity index (χ0) is 14.6. The molecule has 0 bridgehead atoms. The van der Waals surface area contributed by atoms with Gasteiger partial charge in [0.15, 0.2) is 0 Å². The number of methoxy groups -OCH3 is 1. The number of aromatic hydroxyl groups is 1. The van der Waals surface area contributed by atoms with Crippen molar-refractivity contribution >= 4 is 0 Å². The molecule has 0 amide bonds. The van der Waals surface area contributed by atoms with E-state index in [1.807, 2.05) is 19.1 Å². The Morgan fingerprint density at radius 3 is 2.47 bits per heavy atom. The molecule has 0 saturated carbocycles. The number of nitrogens with zero attached hydrogens (tertiary/aromatic N) is 1. The van der Waals surface area contributed by atoms with Gasteiger partial charge in [-0.05, 0) is 40.9 Å². The molecule has 19 heavy (non-hydrogen) atoms. The minimum atomic E-state index is 0.0658. The molecule has 0 fully saturated rings. The SMILES string of the molecule is COc1ccc(C(C)NCC(C)(C)N(C)C)c(O)c1. The molecule has 0 aliphatic heterocycles. The molecule has 0 saturated heterocycles. The summed E-state index contributed by atoms with van der Waals surface area (Å²) >= 11 is 0. The summed E-state index contributed by atoms with van der Waals surface area (Å²) in [4.78, 5) is 2.18. The van der Waals surface area contributed by atoms with Crippen LogP contribution in [0.5, 0.6) is 11.5 Å². The van der Waals surface area contributed by atoms with Gasteiger partial charge in [0.25, 0.3) is 0 Å². The van der Waals surface area contributed by atoms with Crippen molar-refractivity contribution in [3.8, 4) is 11.5 Å². The monoisotopic (exact) mass is 266 g/mol. The van der Waals surface area contributed by atoms with Crippen molar-refractivity contribution < 1.29 is 9.84 Å². The Morgan fingerprint density at radius 1 is 1.37 bits per heavy atom. The molecule has 4 nitrogen and oxygen atoms in total. The first-order valence-corrected chi connectivity index (χ1v) is 6.55. The molecule has 108 valence electrons. The number of phenols is 1. The number of ether oxygens (including phenoxy) is 1. The predicted molar refractivity (Wildman–Crippen MR) is 78.8 cm³/mol. The van der Waals surface area contributed by atoms with E-state index < -0.39 is 0 Å². The van der Waals surface area contributed by atoms with Crippen molar-refractivity contribution in [1.29, 1.82) is 0 Å². The van der Waals surface area contributed by atoms with E-state index >= 15 is 0 Å². The zero-order valence-electron chi connectivity index (χ0n) is 12.8. The van der Waals surface area contributed by atoms with Crippen molar-refractivity contribution in [2.45, 2.75) is 32.4 Å². The molecule has 2 N–H and O–H groups in total. The Kier molecular flexibility index (Phi) is 5.20. The minimum absolute atomic E-state index is 0.0658. The molecule has 0 aliphatic rings. The molecule has 0 radical (unpaired) electrons. The third-order valence-corrected chi connectivity index (χ3v) is 3.76. The van der Waals surface area contributed by atoms with E-state index in [0.717, 1.165) is 12.1 Å². The summed E-state index contributed by atoms with van der Waals surface area (Å²) < 4.78 is 5.09. The summed E-state index contributed by atoms with van der Waals surface area (Å²) in [5, 5.41) is 13.5. The predicted octanol–water partition coefficient (Wildman–Crippen LogP) is 2.39. The van der Waals surface area contributed by atoms with Crippen molar-refractivity contribution in [2.75, 3.05) is 27.7 Å². The Balaban J connectivity index is 2.71. The third kappa shape index (κ3) is 4.11. The maximum absolute atomic E-state index is 10.0. The highest BCUT2D eigenvalue weighted by Crippen LogP contribution is 2.28. The quantitative estimate of drug-likeness (QED) is 0.830. The Hall–Kier alpha value is -1.26. The van der Waals surface area contributed by atoms with E-state index in [1.165, 1.54) is 0 Å².